The van der Waals surface area contributed by atoms with Gasteiger partial charge in [0.25, 0.3) is 5.91 Å². The summed E-state index contributed by atoms with van der Waals surface area (Å²) in [6, 6.07) is 7.75. The van der Waals surface area contributed by atoms with Crippen molar-refractivity contribution in [3.8, 4) is 0 Å². The van der Waals surface area contributed by atoms with E-state index >= 15 is 0 Å². The van der Waals surface area contributed by atoms with Crippen molar-refractivity contribution in [3.63, 3.8) is 0 Å². The fourth-order valence-corrected chi connectivity index (χ4v) is 1.58. The van der Waals surface area contributed by atoms with Gasteiger partial charge in [0.2, 0.25) is 0 Å². The van der Waals surface area contributed by atoms with E-state index in [0.717, 1.165) is 11.1 Å². The number of hydrogen-bond donors (Lipinski definition) is 1. The van der Waals surface area contributed by atoms with E-state index < -0.39 is 12.1 Å². The Morgan fingerprint density at radius 2 is 1.76 bits per heavy atom. The highest BCUT2D eigenvalue weighted by Gasteiger charge is 2.21. The molecule has 0 saturated carbocycles. The van der Waals surface area contributed by atoms with E-state index in [4.69, 9.17) is 4.74 Å². The van der Waals surface area contributed by atoms with E-state index in [-0.39, 0.29) is 11.4 Å². The molecule has 1 aromatic carbocycles. The molecular weight excluding hydrogens is 266 g/mol. The smallest absolute Gasteiger partial charge is 0.331 e. The van der Waals surface area contributed by atoms with Crippen molar-refractivity contribution in [1.29, 1.82) is 0 Å². The third-order valence-electron chi connectivity index (χ3n) is 2.65. The summed E-state index contributed by atoms with van der Waals surface area (Å²) in [5.41, 5.74) is 1.71. The van der Waals surface area contributed by atoms with Crippen molar-refractivity contribution in [2.45, 2.75) is 46.3 Å². The normalized spacial score (nSPS) is 13.0. The molecule has 4 heteroatoms. The first-order valence-corrected chi connectivity index (χ1v) is 6.95. The number of ether oxygens (including phenoxy) is 1. The molecular formula is C17H23NO3. The molecule has 21 heavy (non-hydrogen) atoms. The molecule has 0 aliphatic carbocycles. The number of nitrogens with one attached hydrogen (secondary N) is 1. The standard InChI is InChI=1S/C17H23NO3/c1-12-6-8-14(9-7-12)10-11-15(19)21-13(2)16(20)18-17(3,4)5/h6-11,13H,1-5H3,(H,18,20)/b11-10+/t13-/m0/s1. The van der Waals surface area contributed by atoms with Gasteiger partial charge >= 0.3 is 5.97 Å². The van der Waals surface area contributed by atoms with Crippen LogP contribution in [-0.4, -0.2) is 23.5 Å². The Kier molecular flexibility index (Phi) is 5.70. The first-order chi connectivity index (χ1) is 9.67. The summed E-state index contributed by atoms with van der Waals surface area (Å²) in [5.74, 6) is -0.841. The lowest BCUT2D eigenvalue weighted by Crippen LogP contribution is -2.46. The Balaban J connectivity index is 2.53. The Morgan fingerprint density at radius 3 is 2.29 bits per heavy atom. The number of carbonyl (C=O) groups excluding carboxylic acids is 2. The molecule has 4 nitrogen and oxygen atoms in total. The molecule has 0 bridgehead atoms. The monoisotopic (exact) mass is 289 g/mol. The summed E-state index contributed by atoms with van der Waals surface area (Å²) in [7, 11) is 0. The van der Waals surface area contributed by atoms with Crippen LogP contribution in [0.3, 0.4) is 0 Å². The van der Waals surface area contributed by atoms with Crippen molar-refractivity contribution in [3.05, 3.63) is 41.5 Å². The van der Waals surface area contributed by atoms with Gasteiger partial charge in [-0.05, 0) is 46.3 Å². The third-order valence-corrected chi connectivity index (χ3v) is 2.65. The van der Waals surface area contributed by atoms with Crippen molar-refractivity contribution >= 4 is 18.0 Å². The lowest BCUT2D eigenvalue weighted by Gasteiger charge is -2.22. The van der Waals surface area contributed by atoms with Crippen LogP contribution >= 0.6 is 0 Å². The van der Waals surface area contributed by atoms with Crippen LogP contribution in [0.5, 0.6) is 0 Å². The fraction of sp³-hybridized carbons (Fsp3) is 0.412. The molecule has 1 N–H and O–H groups in total. The van der Waals surface area contributed by atoms with Crippen LogP contribution in [0.4, 0.5) is 0 Å². The van der Waals surface area contributed by atoms with Gasteiger partial charge in [-0.2, -0.15) is 0 Å². The van der Waals surface area contributed by atoms with Gasteiger partial charge in [0, 0.05) is 11.6 Å². The van der Waals surface area contributed by atoms with Crippen molar-refractivity contribution in [2.24, 2.45) is 0 Å². The minimum absolute atomic E-state index is 0.306. The number of rotatable bonds is 4. The van der Waals surface area contributed by atoms with Crippen LogP contribution in [-0.2, 0) is 14.3 Å². The van der Waals surface area contributed by atoms with Crippen LogP contribution < -0.4 is 5.32 Å². The van der Waals surface area contributed by atoms with Crippen molar-refractivity contribution < 1.29 is 14.3 Å². The zero-order chi connectivity index (χ0) is 16.0. The maximum absolute atomic E-state index is 11.8. The molecule has 0 heterocycles. The molecule has 114 valence electrons. The summed E-state index contributed by atoms with van der Waals surface area (Å²) in [4.78, 5) is 23.5. The second-order valence-corrected chi connectivity index (χ2v) is 6.06. The SMILES string of the molecule is Cc1ccc(/C=C/C(=O)O[C@@H](C)C(=O)NC(C)(C)C)cc1. The summed E-state index contributed by atoms with van der Waals surface area (Å²) in [5, 5.41) is 2.76. The Bertz CT molecular complexity index is 524. The van der Waals surface area contributed by atoms with E-state index in [0.29, 0.717) is 0 Å². The van der Waals surface area contributed by atoms with Gasteiger partial charge < -0.3 is 10.1 Å². The highest BCUT2D eigenvalue weighted by Crippen LogP contribution is 2.06. The summed E-state index contributed by atoms with van der Waals surface area (Å²) in [6.07, 6.45) is 2.17. The second-order valence-electron chi connectivity index (χ2n) is 6.06. The predicted molar refractivity (Wildman–Crippen MR) is 83.7 cm³/mol. The molecule has 0 spiro atoms. The molecule has 0 aliphatic rings. The summed E-state index contributed by atoms with van der Waals surface area (Å²) >= 11 is 0. The lowest BCUT2D eigenvalue weighted by molar-refractivity contribution is -0.150. The third kappa shape index (κ3) is 6.75. The summed E-state index contributed by atoms with van der Waals surface area (Å²) < 4.78 is 5.07. The van der Waals surface area contributed by atoms with Crippen molar-refractivity contribution in [1.82, 2.24) is 5.32 Å². The van der Waals surface area contributed by atoms with Crippen LogP contribution in [0, 0.1) is 6.92 Å². The fourth-order valence-electron chi connectivity index (χ4n) is 1.58. The first kappa shape index (κ1) is 17.0. The second kappa shape index (κ2) is 7.07. The Labute approximate surface area is 126 Å². The minimum Gasteiger partial charge on any atom is -0.449 e. The molecule has 1 atom stereocenters. The van der Waals surface area contributed by atoms with E-state index in [1.807, 2.05) is 52.0 Å². The number of esters is 1. The topological polar surface area (TPSA) is 55.4 Å². The maximum atomic E-state index is 11.8. The van der Waals surface area contributed by atoms with Gasteiger partial charge in [-0.3, -0.25) is 4.79 Å². The average molecular weight is 289 g/mol. The molecule has 0 fully saturated rings. The highest BCUT2D eigenvalue weighted by molar-refractivity contribution is 5.90. The number of benzene rings is 1. The summed E-state index contributed by atoms with van der Waals surface area (Å²) in [6.45, 7) is 9.17. The number of amides is 1. The Morgan fingerprint density at radius 1 is 1.19 bits per heavy atom. The van der Waals surface area contributed by atoms with Gasteiger partial charge in [0.1, 0.15) is 0 Å². The molecule has 1 rings (SSSR count). The first-order valence-electron chi connectivity index (χ1n) is 6.95. The molecule has 0 aliphatic heterocycles. The Hall–Kier alpha value is -2.10. The maximum Gasteiger partial charge on any atom is 0.331 e. The quantitative estimate of drug-likeness (QED) is 0.685. The minimum atomic E-state index is -0.820. The molecule has 0 aromatic heterocycles. The van der Waals surface area contributed by atoms with E-state index in [1.165, 1.54) is 6.08 Å². The van der Waals surface area contributed by atoms with Gasteiger partial charge in [0.15, 0.2) is 6.10 Å². The van der Waals surface area contributed by atoms with Gasteiger partial charge in [0.05, 0.1) is 0 Å². The largest absolute Gasteiger partial charge is 0.449 e. The van der Waals surface area contributed by atoms with Crippen LogP contribution in [0.2, 0.25) is 0 Å². The predicted octanol–water partition coefficient (Wildman–Crippen LogP) is 2.85. The molecule has 0 saturated heterocycles. The van der Waals surface area contributed by atoms with E-state index in [9.17, 15) is 9.59 Å². The molecule has 0 radical (unpaired) electrons. The zero-order valence-electron chi connectivity index (χ0n) is 13.3. The van der Waals surface area contributed by atoms with Crippen LogP contribution in [0.25, 0.3) is 6.08 Å². The van der Waals surface area contributed by atoms with E-state index in [2.05, 4.69) is 5.32 Å². The number of carbonyl (C=O) groups is 2. The highest BCUT2D eigenvalue weighted by atomic mass is 16.5. The van der Waals surface area contributed by atoms with Gasteiger partial charge in [-0.1, -0.05) is 29.8 Å². The van der Waals surface area contributed by atoms with Gasteiger partial charge in [-0.15, -0.1) is 0 Å². The zero-order valence-corrected chi connectivity index (χ0v) is 13.3. The molecule has 0 unspecified atom stereocenters. The van der Waals surface area contributed by atoms with E-state index in [1.54, 1.807) is 13.0 Å². The molecule has 1 aromatic rings. The van der Waals surface area contributed by atoms with Crippen LogP contribution in [0.1, 0.15) is 38.8 Å². The van der Waals surface area contributed by atoms with Gasteiger partial charge in [-0.25, -0.2) is 4.79 Å². The van der Waals surface area contributed by atoms with Crippen molar-refractivity contribution in [2.75, 3.05) is 0 Å². The molecule has 1 amide bonds. The number of aryl methyl sites for hydroxylation is 1. The number of hydrogen-bond acceptors (Lipinski definition) is 3. The lowest BCUT2D eigenvalue weighted by atomic mass is 10.1. The average Bonchev–Trinajstić information content (AvgIpc) is 2.36. The van der Waals surface area contributed by atoms with Crippen LogP contribution in [0.15, 0.2) is 30.3 Å².